The third-order valence-corrected chi connectivity index (χ3v) is 4.50. The third-order valence-electron chi connectivity index (χ3n) is 4.29. The van der Waals surface area contributed by atoms with Crippen LogP contribution in [0.3, 0.4) is 0 Å². The average molecular weight is 416 g/mol. The lowest BCUT2D eigenvalue weighted by Crippen LogP contribution is -2.34. The maximum Gasteiger partial charge on any atom is 0.271 e. The topological polar surface area (TPSA) is 93.5 Å². The minimum absolute atomic E-state index is 0.0522. The number of nitro groups is 1. The highest BCUT2D eigenvalue weighted by molar-refractivity contribution is 7.80. The fraction of sp³-hybridized carbons (Fsp3) is 0.333. The number of anilines is 1. The summed E-state index contributed by atoms with van der Waals surface area (Å²) in [5, 5.41) is 16.5. The standard InChI is InChI=1S/C21H25N3O4S/c1-3-4-5-8-13-28-19-10-7-6-9-17(19)20(25)23-21(29)22-18-14-16(24(26)27)12-11-15(18)2/h6-7,9-12,14H,3-5,8,13H2,1-2H3,(H2,22,23,25,29). The van der Waals surface area contributed by atoms with E-state index in [4.69, 9.17) is 17.0 Å². The SMILES string of the molecule is CCCCCCOc1ccccc1C(=O)NC(=S)Nc1cc([N+](=O)[O-])ccc1C. The van der Waals surface area contributed by atoms with Crippen LogP contribution in [0.25, 0.3) is 0 Å². The Kier molecular flexibility index (Phi) is 8.54. The number of non-ortho nitro benzene ring substituents is 1. The van der Waals surface area contributed by atoms with Crippen LogP contribution in [0, 0.1) is 17.0 Å². The third kappa shape index (κ3) is 6.83. The molecule has 0 fully saturated rings. The normalized spacial score (nSPS) is 10.3. The molecule has 0 aliphatic carbocycles. The molecule has 0 aliphatic rings. The molecule has 0 aliphatic heterocycles. The number of nitrogens with zero attached hydrogens (tertiary/aromatic N) is 1. The zero-order chi connectivity index (χ0) is 21.2. The summed E-state index contributed by atoms with van der Waals surface area (Å²) >= 11 is 5.21. The minimum Gasteiger partial charge on any atom is -0.493 e. The molecule has 1 amide bonds. The van der Waals surface area contributed by atoms with Gasteiger partial charge in [-0.1, -0.05) is 44.4 Å². The van der Waals surface area contributed by atoms with Crippen LogP contribution in [0.15, 0.2) is 42.5 Å². The molecule has 8 heteroatoms. The molecular weight excluding hydrogens is 390 g/mol. The van der Waals surface area contributed by atoms with E-state index in [9.17, 15) is 14.9 Å². The fourth-order valence-corrected chi connectivity index (χ4v) is 2.88. The summed E-state index contributed by atoms with van der Waals surface area (Å²) in [5.74, 6) is 0.0885. The van der Waals surface area contributed by atoms with E-state index >= 15 is 0 Å². The number of carbonyl (C=O) groups is 1. The smallest absolute Gasteiger partial charge is 0.271 e. The number of amides is 1. The summed E-state index contributed by atoms with van der Waals surface area (Å²) < 4.78 is 5.77. The molecule has 2 N–H and O–H groups in total. The van der Waals surface area contributed by atoms with E-state index in [0.29, 0.717) is 23.6 Å². The van der Waals surface area contributed by atoms with E-state index in [0.717, 1.165) is 31.2 Å². The maximum absolute atomic E-state index is 12.6. The second kappa shape index (κ2) is 11.1. The van der Waals surface area contributed by atoms with Gasteiger partial charge in [0.15, 0.2) is 5.11 Å². The molecule has 0 saturated carbocycles. The van der Waals surface area contributed by atoms with Gasteiger partial charge in [-0.25, -0.2) is 0 Å². The van der Waals surface area contributed by atoms with Crippen LogP contribution in [0.2, 0.25) is 0 Å². The van der Waals surface area contributed by atoms with Crippen molar-refractivity contribution in [2.75, 3.05) is 11.9 Å². The molecule has 0 unspecified atom stereocenters. The van der Waals surface area contributed by atoms with Crippen LogP contribution < -0.4 is 15.4 Å². The van der Waals surface area contributed by atoms with Crippen molar-refractivity contribution in [3.05, 3.63) is 63.7 Å². The first-order chi connectivity index (χ1) is 13.9. The molecule has 7 nitrogen and oxygen atoms in total. The molecule has 154 valence electrons. The van der Waals surface area contributed by atoms with Gasteiger partial charge in [0.05, 0.1) is 17.1 Å². The van der Waals surface area contributed by atoms with Crippen LogP contribution in [-0.4, -0.2) is 22.5 Å². The van der Waals surface area contributed by atoms with Crippen molar-refractivity contribution in [2.45, 2.75) is 39.5 Å². The molecule has 0 bridgehead atoms. The van der Waals surface area contributed by atoms with Gasteiger partial charge in [0.1, 0.15) is 5.75 Å². The highest BCUT2D eigenvalue weighted by Crippen LogP contribution is 2.22. The molecule has 29 heavy (non-hydrogen) atoms. The highest BCUT2D eigenvalue weighted by Gasteiger charge is 2.15. The summed E-state index contributed by atoms with van der Waals surface area (Å²) in [5.41, 5.74) is 1.55. The fourth-order valence-electron chi connectivity index (χ4n) is 2.67. The predicted molar refractivity (Wildman–Crippen MR) is 118 cm³/mol. The Morgan fingerprint density at radius 3 is 2.66 bits per heavy atom. The number of thiocarbonyl (C=S) groups is 1. The number of rotatable bonds is 9. The monoisotopic (exact) mass is 415 g/mol. The van der Waals surface area contributed by atoms with Crippen molar-refractivity contribution in [1.82, 2.24) is 5.32 Å². The van der Waals surface area contributed by atoms with Gasteiger partial charge in [-0.15, -0.1) is 0 Å². The average Bonchev–Trinajstić information content (AvgIpc) is 2.69. The molecule has 2 rings (SSSR count). The lowest BCUT2D eigenvalue weighted by molar-refractivity contribution is -0.384. The predicted octanol–water partition coefficient (Wildman–Crippen LogP) is 4.99. The number of para-hydroxylation sites is 1. The van der Waals surface area contributed by atoms with Gasteiger partial charge in [0, 0.05) is 17.8 Å². The Morgan fingerprint density at radius 1 is 1.17 bits per heavy atom. The van der Waals surface area contributed by atoms with Gasteiger partial charge in [-0.3, -0.25) is 20.2 Å². The van der Waals surface area contributed by atoms with Crippen molar-refractivity contribution < 1.29 is 14.5 Å². The number of hydrogen-bond acceptors (Lipinski definition) is 5. The Hall–Kier alpha value is -3.00. The molecule has 0 spiro atoms. The number of aryl methyl sites for hydroxylation is 1. The van der Waals surface area contributed by atoms with Crippen molar-refractivity contribution in [2.24, 2.45) is 0 Å². The first-order valence-electron chi connectivity index (χ1n) is 9.51. The first kappa shape index (κ1) is 22.3. The van der Waals surface area contributed by atoms with Gasteiger partial charge in [0.25, 0.3) is 11.6 Å². The minimum atomic E-state index is -0.486. The van der Waals surface area contributed by atoms with E-state index < -0.39 is 10.8 Å². The Bertz CT molecular complexity index is 886. The van der Waals surface area contributed by atoms with Gasteiger partial charge in [-0.05, 0) is 43.3 Å². The number of nitro benzene ring substituents is 1. The van der Waals surface area contributed by atoms with E-state index in [-0.39, 0.29) is 10.8 Å². The summed E-state index contributed by atoms with van der Waals surface area (Å²) in [4.78, 5) is 23.1. The molecule has 0 atom stereocenters. The van der Waals surface area contributed by atoms with Crippen LogP contribution >= 0.6 is 12.2 Å². The molecule has 2 aromatic rings. The van der Waals surface area contributed by atoms with Crippen LogP contribution in [0.5, 0.6) is 5.75 Å². The zero-order valence-corrected chi connectivity index (χ0v) is 17.4. The number of unbranched alkanes of at least 4 members (excludes halogenated alkanes) is 3. The van der Waals surface area contributed by atoms with E-state index in [1.165, 1.54) is 12.1 Å². The lowest BCUT2D eigenvalue weighted by Gasteiger charge is -2.14. The van der Waals surface area contributed by atoms with Gasteiger partial charge in [0.2, 0.25) is 0 Å². The Morgan fingerprint density at radius 2 is 1.93 bits per heavy atom. The molecular formula is C21H25N3O4S. The molecule has 0 saturated heterocycles. The van der Waals surface area contributed by atoms with Gasteiger partial charge < -0.3 is 10.1 Å². The summed E-state index contributed by atoms with van der Waals surface area (Å²) in [6, 6.07) is 11.4. The first-order valence-corrected chi connectivity index (χ1v) is 9.92. The van der Waals surface area contributed by atoms with Crippen molar-refractivity contribution in [3.63, 3.8) is 0 Å². The van der Waals surface area contributed by atoms with E-state index in [1.807, 2.05) is 0 Å². The number of hydrogen-bond donors (Lipinski definition) is 2. The highest BCUT2D eigenvalue weighted by atomic mass is 32.1. The molecule has 0 radical (unpaired) electrons. The molecule has 0 aromatic heterocycles. The number of nitrogens with one attached hydrogen (secondary N) is 2. The second-order valence-corrected chi connectivity index (χ2v) is 6.98. The summed E-state index contributed by atoms with van der Waals surface area (Å²) in [6.45, 7) is 4.48. The Balaban J connectivity index is 2.00. The van der Waals surface area contributed by atoms with Crippen LogP contribution in [0.4, 0.5) is 11.4 Å². The largest absolute Gasteiger partial charge is 0.493 e. The van der Waals surface area contributed by atoms with Crippen molar-refractivity contribution in [3.8, 4) is 5.75 Å². The Labute approximate surface area is 175 Å². The summed E-state index contributed by atoms with van der Waals surface area (Å²) in [7, 11) is 0. The van der Waals surface area contributed by atoms with E-state index in [1.54, 1.807) is 37.3 Å². The quantitative estimate of drug-likeness (QED) is 0.259. The number of carbonyl (C=O) groups excluding carboxylic acids is 1. The zero-order valence-electron chi connectivity index (χ0n) is 16.6. The number of ether oxygens (including phenoxy) is 1. The van der Waals surface area contributed by atoms with Crippen LogP contribution in [-0.2, 0) is 0 Å². The van der Waals surface area contributed by atoms with Crippen molar-refractivity contribution in [1.29, 1.82) is 0 Å². The van der Waals surface area contributed by atoms with E-state index in [2.05, 4.69) is 17.6 Å². The number of benzene rings is 2. The molecule has 2 aromatic carbocycles. The lowest BCUT2D eigenvalue weighted by atomic mass is 10.1. The second-order valence-electron chi connectivity index (χ2n) is 6.57. The summed E-state index contributed by atoms with van der Waals surface area (Å²) in [6.07, 6.45) is 4.31. The van der Waals surface area contributed by atoms with Crippen molar-refractivity contribution >= 4 is 34.6 Å². The van der Waals surface area contributed by atoms with Gasteiger partial charge >= 0.3 is 0 Å². The van der Waals surface area contributed by atoms with Crippen LogP contribution in [0.1, 0.15) is 48.5 Å². The molecule has 0 heterocycles. The van der Waals surface area contributed by atoms with Gasteiger partial charge in [-0.2, -0.15) is 0 Å². The maximum atomic E-state index is 12.6.